The van der Waals surface area contributed by atoms with Crippen LogP contribution in [0.1, 0.15) is 10.4 Å². The van der Waals surface area contributed by atoms with E-state index in [1.807, 2.05) is 60.5 Å². The average Bonchev–Trinajstić information content (AvgIpc) is 2.84. The van der Waals surface area contributed by atoms with Crippen molar-refractivity contribution in [3.8, 4) is 0 Å². The molecule has 3 aromatic carbocycles. The number of amides is 1. The summed E-state index contributed by atoms with van der Waals surface area (Å²) in [7, 11) is -1.90. The molecule has 0 bridgehead atoms. The minimum absolute atomic E-state index is 0.0768. The van der Waals surface area contributed by atoms with E-state index in [0.29, 0.717) is 5.56 Å². The van der Waals surface area contributed by atoms with Crippen LogP contribution < -0.4 is 4.90 Å². The number of hydrogen-bond acceptors (Lipinski definition) is 4. The van der Waals surface area contributed by atoms with Crippen molar-refractivity contribution >= 4 is 27.3 Å². The van der Waals surface area contributed by atoms with Crippen molar-refractivity contribution < 1.29 is 17.6 Å². The lowest BCUT2D eigenvalue weighted by Gasteiger charge is -2.34. The van der Waals surface area contributed by atoms with Gasteiger partial charge in [0.1, 0.15) is 5.82 Å². The van der Waals surface area contributed by atoms with Gasteiger partial charge in [-0.05, 0) is 42.5 Å². The normalized spacial score (nSPS) is 14.9. The first kappa shape index (κ1) is 22.0. The third-order valence-corrected chi connectivity index (χ3v) is 7.49. The van der Waals surface area contributed by atoms with Gasteiger partial charge in [-0.2, -0.15) is 4.31 Å². The van der Waals surface area contributed by atoms with E-state index in [2.05, 4.69) is 0 Å². The number of halogens is 1. The van der Waals surface area contributed by atoms with Crippen molar-refractivity contribution in [1.82, 2.24) is 9.21 Å². The zero-order chi connectivity index (χ0) is 22.7. The van der Waals surface area contributed by atoms with E-state index in [0.717, 1.165) is 17.4 Å². The van der Waals surface area contributed by atoms with Gasteiger partial charge < -0.3 is 9.80 Å². The molecular weight excluding hydrogens is 429 g/mol. The van der Waals surface area contributed by atoms with Gasteiger partial charge in [0.15, 0.2) is 0 Å². The van der Waals surface area contributed by atoms with Crippen molar-refractivity contribution in [2.45, 2.75) is 4.90 Å². The third kappa shape index (κ3) is 4.37. The second-order valence-electron chi connectivity index (χ2n) is 7.57. The Morgan fingerprint density at radius 1 is 0.875 bits per heavy atom. The average molecular weight is 454 g/mol. The number of sulfonamides is 1. The quantitative estimate of drug-likeness (QED) is 0.591. The zero-order valence-electron chi connectivity index (χ0n) is 17.7. The molecule has 8 heteroatoms. The molecule has 4 rings (SSSR count). The lowest BCUT2D eigenvalue weighted by Crippen LogP contribution is -2.50. The smallest absolute Gasteiger partial charge is 0.256 e. The molecular formula is C24H24FN3O3S. The molecule has 3 aromatic rings. The fourth-order valence-corrected chi connectivity index (χ4v) is 5.27. The maximum absolute atomic E-state index is 13.5. The lowest BCUT2D eigenvalue weighted by molar-refractivity contribution is 0.0698. The van der Waals surface area contributed by atoms with Gasteiger partial charge in [-0.3, -0.25) is 4.79 Å². The molecule has 0 spiro atoms. The van der Waals surface area contributed by atoms with Crippen LogP contribution in [0.4, 0.5) is 15.8 Å². The summed E-state index contributed by atoms with van der Waals surface area (Å²) in [5, 5.41) is 0. The Hall–Kier alpha value is -3.23. The number of benzene rings is 3. The molecule has 0 atom stereocenters. The summed E-state index contributed by atoms with van der Waals surface area (Å²) < 4.78 is 40.5. The zero-order valence-corrected chi connectivity index (χ0v) is 18.5. The number of para-hydroxylation sites is 2. The van der Waals surface area contributed by atoms with E-state index < -0.39 is 15.8 Å². The predicted octanol–water partition coefficient (Wildman–Crippen LogP) is 3.74. The summed E-state index contributed by atoms with van der Waals surface area (Å²) in [6.45, 7) is 0.829. The van der Waals surface area contributed by atoms with Gasteiger partial charge in [-0.25, -0.2) is 12.8 Å². The maximum atomic E-state index is 13.5. The van der Waals surface area contributed by atoms with Gasteiger partial charge in [0.05, 0.1) is 16.1 Å². The number of piperazine rings is 1. The van der Waals surface area contributed by atoms with Gasteiger partial charge in [0.2, 0.25) is 10.0 Å². The van der Waals surface area contributed by atoms with Crippen molar-refractivity contribution in [3.05, 3.63) is 90.2 Å². The number of hydrogen-bond donors (Lipinski definition) is 0. The van der Waals surface area contributed by atoms with Crippen LogP contribution in [-0.2, 0) is 10.0 Å². The highest BCUT2D eigenvalue weighted by Crippen LogP contribution is 2.28. The minimum atomic E-state index is -3.81. The Morgan fingerprint density at radius 2 is 1.53 bits per heavy atom. The fourth-order valence-electron chi connectivity index (χ4n) is 3.82. The topological polar surface area (TPSA) is 60.9 Å². The highest BCUT2D eigenvalue weighted by atomic mass is 32.2. The number of carbonyl (C=O) groups excluding carboxylic acids is 1. The second kappa shape index (κ2) is 9.10. The maximum Gasteiger partial charge on any atom is 0.256 e. The lowest BCUT2D eigenvalue weighted by atomic mass is 10.1. The number of carbonyl (C=O) groups is 1. The molecule has 0 N–H and O–H groups in total. The number of anilines is 2. The molecule has 1 fully saturated rings. The first-order valence-corrected chi connectivity index (χ1v) is 11.7. The van der Waals surface area contributed by atoms with Gasteiger partial charge in [0.25, 0.3) is 5.91 Å². The fraction of sp³-hybridized carbons (Fsp3) is 0.208. The molecule has 166 valence electrons. The Labute approximate surface area is 187 Å². The predicted molar refractivity (Wildman–Crippen MR) is 122 cm³/mol. The molecule has 32 heavy (non-hydrogen) atoms. The summed E-state index contributed by atoms with van der Waals surface area (Å²) in [5.41, 5.74) is 2.29. The summed E-state index contributed by atoms with van der Waals surface area (Å²) in [6.07, 6.45) is 0. The van der Waals surface area contributed by atoms with Gasteiger partial charge in [-0.15, -0.1) is 0 Å². The molecule has 1 amide bonds. The molecule has 1 aliphatic heterocycles. The van der Waals surface area contributed by atoms with E-state index in [-0.39, 0.29) is 37.0 Å². The third-order valence-electron chi connectivity index (χ3n) is 5.60. The summed E-state index contributed by atoms with van der Waals surface area (Å²) in [6, 6.07) is 22.1. The molecule has 1 aliphatic rings. The monoisotopic (exact) mass is 453 g/mol. The van der Waals surface area contributed by atoms with E-state index in [4.69, 9.17) is 0 Å². The molecule has 0 unspecified atom stereocenters. The highest BCUT2D eigenvalue weighted by molar-refractivity contribution is 7.89. The molecule has 1 heterocycles. The van der Waals surface area contributed by atoms with Crippen molar-refractivity contribution in [2.75, 3.05) is 38.1 Å². The van der Waals surface area contributed by atoms with E-state index in [1.165, 1.54) is 22.5 Å². The largest absolute Gasteiger partial charge is 0.344 e. The molecule has 1 saturated heterocycles. The standard InChI is InChI=1S/C24H24FN3O3S/c1-26(20-9-3-2-4-10-20)23-13-6-5-12-22(23)24(29)27-14-16-28(17-15-27)32(30,31)21-11-7-8-19(25)18-21/h2-13,18H,14-17H2,1H3. The van der Waals surface area contributed by atoms with Gasteiger partial charge in [0, 0.05) is 38.9 Å². The number of rotatable bonds is 5. The van der Waals surface area contributed by atoms with Crippen LogP contribution in [0.25, 0.3) is 0 Å². The van der Waals surface area contributed by atoms with Crippen LogP contribution in [-0.4, -0.2) is 56.8 Å². The molecule has 0 aliphatic carbocycles. The Morgan fingerprint density at radius 3 is 2.22 bits per heavy atom. The van der Waals surface area contributed by atoms with E-state index in [9.17, 15) is 17.6 Å². The van der Waals surface area contributed by atoms with Crippen LogP contribution in [0.15, 0.2) is 83.8 Å². The van der Waals surface area contributed by atoms with Crippen LogP contribution in [0.2, 0.25) is 0 Å². The van der Waals surface area contributed by atoms with Crippen molar-refractivity contribution in [1.29, 1.82) is 0 Å². The molecule has 0 radical (unpaired) electrons. The number of nitrogens with zero attached hydrogens (tertiary/aromatic N) is 3. The molecule has 6 nitrogen and oxygen atoms in total. The molecule has 0 saturated carbocycles. The van der Waals surface area contributed by atoms with Crippen LogP contribution in [0, 0.1) is 5.82 Å². The van der Waals surface area contributed by atoms with Gasteiger partial charge in [-0.1, -0.05) is 36.4 Å². The first-order chi connectivity index (χ1) is 15.4. The second-order valence-corrected chi connectivity index (χ2v) is 9.50. The van der Waals surface area contributed by atoms with E-state index >= 15 is 0 Å². The first-order valence-electron chi connectivity index (χ1n) is 10.3. The summed E-state index contributed by atoms with van der Waals surface area (Å²) >= 11 is 0. The highest BCUT2D eigenvalue weighted by Gasteiger charge is 2.31. The summed E-state index contributed by atoms with van der Waals surface area (Å²) in [4.78, 5) is 16.9. The Kier molecular flexibility index (Phi) is 6.25. The Balaban J connectivity index is 1.50. The summed E-state index contributed by atoms with van der Waals surface area (Å²) in [5.74, 6) is -0.745. The van der Waals surface area contributed by atoms with Gasteiger partial charge >= 0.3 is 0 Å². The SMILES string of the molecule is CN(c1ccccc1)c1ccccc1C(=O)N1CCN(S(=O)(=O)c2cccc(F)c2)CC1. The van der Waals surface area contributed by atoms with Crippen molar-refractivity contribution in [3.63, 3.8) is 0 Å². The van der Waals surface area contributed by atoms with Crippen LogP contribution in [0.3, 0.4) is 0 Å². The molecule has 0 aromatic heterocycles. The Bertz CT molecular complexity index is 1210. The van der Waals surface area contributed by atoms with Crippen LogP contribution in [0.5, 0.6) is 0 Å². The van der Waals surface area contributed by atoms with Crippen molar-refractivity contribution in [2.24, 2.45) is 0 Å². The van der Waals surface area contributed by atoms with Crippen LogP contribution >= 0.6 is 0 Å². The van der Waals surface area contributed by atoms with E-state index in [1.54, 1.807) is 11.0 Å². The minimum Gasteiger partial charge on any atom is -0.344 e.